The molecule has 0 unspecified atom stereocenters. The summed E-state index contributed by atoms with van der Waals surface area (Å²) in [4.78, 5) is 13.3. The molecule has 2 rings (SSSR count). The van der Waals surface area contributed by atoms with Crippen LogP contribution in [0.15, 0.2) is 46.7 Å². The maximum absolute atomic E-state index is 13.3. The Morgan fingerprint density at radius 2 is 2.06 bits per heavy atom. The van der Waals surface area contributed by atoms with Crippen molar-refractivity contribution in [1.82, 2.24) is 0 Å². The van der Waals surface area contributed by atoms with Crippen LogP contribution >= 0.6 is 23.1 Å². The number of thioether (sulfide) groups is 1. The Balaban J connectivity index is 1.86. The molecular formula is C13H11FOS2. The minimum absolute atomic E-state index is 0.126. The molecule has 0 bridgehead atoms. The smallest absolute Gasteiger partial charge is 0.148 e. The second-order valence-electron chi connectivity index (χ2n) is 3.51. The van der Waals surface area contributed by atoms with Gasteiger partial charge in [0.15, 0.2) is 0 Å². The average molecular weight is 266 g/mol. The first-order valence-corrected chi connectivity index (χ1v) is 7.03. The van der Waals surface area contributed by atoms with E-state index in [0.717, 1.165) is 4.88 Å². The van der Waals surface area contributed by atoms with Crippen molar-refractivity contribution in [3.05, 3.63) is 52.5 Å². The lowest BCUT2D eigenvalue weighted by Crippen LogP contribution is -2.04. The predicted molar refractivity (Wildman–Crippen MR) is 70.2 cm³/mol. The molecule has 0 aliphatic rings. The molecule has 0 saturated carbocycles. The molecule has 4 heteroatoms. The number of hydrogen-bond acceptors (Lipinski definition) is 3. The first kappa shape index (κ1) is 12.3. The molecule has 0 saturated heterocycles. The molecule has 0 amide bonds. The molecule has 88 valence electrons. The van der Waals surface area contributed by atoms with Gasteiger partial charge in [-0.25, -0.2) is 4.39 Å². The lowest BCUT2D eigenvalue weighted by Gasteiger charge is -2.01. The van der Waals surface area contributed by atoms with Crippen LogP contribution in [0.25, 0.3) is 0 Å². The number of carbonyl (C=O) groups is 1. The van der Waals surface area contributed by atoms with Crippen molar-refractivity contribution >= 4 is 28.9 Å². The molecule has 0 fully saturated rings. The van der Waals surface area contributed by atoms with Gasteiger partial charge in [0.1, 0.15) is 11.6 Å². The molecule has 0 N–H and O–H groups in total. The van der Waals surface area contributed by atoms with Crippen LogP contribution < -0.4 is 0 Å². The average Bonchev–Trinajstić information content (AvgIpc) is 2.81. The number of ketones is 1. The fourth-order valence-corrected chi connectivity index (χ4v) is 2.91. The van der Waals surface area contributed by atoms with Gasteiger partial charge in [-0.15, -0.1) is 23.1 Å². The second kappa shape index (κ2) is 5.98. The van der Waals surface area contributed by atoms with E-state index in [4.69, 9.17) is 0 Å². The van der Waals surface area contributed by atoms with Gasteiger partial charge in [0, 0.05) is 16.2 Å². The Morgan fingerprint density at radius 1 is 1.24 bits per heavy atom. The van der Waals surface area contributed by atoms with Crippen molar-refractivity contribution in [3.63, 3.8) is 0 Å². The van der Waals surface area contributed by atoms with Gasteiger partial charge in [-0.1, -0.05) is 18.2 Å². The van der Waals surface area contributed by atoms with Gasteiger partial charge >= 0.3 is 0 Å². The summed E-state index contributed by atoms with van der Waals surface area (Å²) in [5.74, 6) is 0.181. The van der Waals surface area contributed by atoms with Crippen molar-refractivity contribution in [2.24, 2.45) is 0 Å². The lowest BCUT2D eigenvalue weighted by atomic mass is 10.3. The van der Waals surface area contributed by atoms with E-state index in [1.165, 1.54) is 17.8 Å². The Labute approximate surface area is 108 Å². The van der Waals surface area contributed by atoms with E-state index in [1.807, 2.05) is 17.5 Å². The zero-order valence-electron chi connectivity index (χ0n) is 9.06. The Hall–Kier alpha value is -1.13. The van der Waals surface area contributed by atoms with Crippen LogP contribution in [0.4, 0.5) is 4.39 Å². The Morgan fingerprint density at radius 3 is 2.76 bits per heavy atom. The van der Waals surface area contributed by atoms with Gasteiger partial charge in [-0.2, -0.15) is 0 Å². The zero-order valence-corrected chi connectivity index (χ0v) is 10.7. The highest BCUT2D eigenvalue weighted by atomic mass is 32.2. The van der Waals surface area contributed by atoms with Crippen LogP contribution in [0, 0.1) is 5.82 Å². The molecule has 2 aromatic rings. The molecule has 1 aromatic carbocycles. The summed E-state index contributed by atoms with van der Waals surface area (Å²) in [5.41, 5.74) is 0. The van der Waals surface area contributed by atoms with E-state index in [9.17, 15) is 9.18 Å². The second-order valence-corrected chi connectivity index (χ2v) is 5.56. The highest BCUT2D eigenvalue weighted by molar-refractivity contribution is 8.00. The van der Waals surface area contributed by atoms with Crippen molar-refractivity contribution < 1.29 is 9.18 Å². The quantitative estimate of drug-likeness (QED) is 0.766. The third-order valence-corrected chi connectivity index (χ3v) is 4.16. The van der Waals surface area contributed by atoms with Crippen molar-refractivity contribution in [2.45, 2.75) is 11.3 Å². The summed E-state index contributed by atoms with van der Waals surface area (Å²) in [6.45, 7) is 0. The summed E-state index contributed by atoms with van der Waals surface area (Å²) in [6, 6.07) is 10.4. The summed E-state index contributed by atoms with van der Waals surface area (Å²) in [5, 5.41) is 1.95. The van der Waals surface area contributed by atoms with Crippen LogP contribution in [-0.2, 0) is 11.2 Å². The van der Waals surface area contributed by atoms with E-state index >= 15 is 0 Å². The van der Waals surface area contributed by atoms with Crippen LogP contribution in [-0.4, -0.2) is 11.5 Å². The lowest BCUT2D eigenvalue weighted by molar-refractivity contribution is -0.115. The van der Waals surface area contributed by atoms with Gasteiger partial charge in [0.2, 0.25) is 0 Å². The molecule has 0 atom stereocenters. The topological polar surface area (TPSA) is 17.1 Å². The van der Waals surface area contributed by atoms with E-state index in [2.05, 4.69) is 0 Å². The monoisotopic (exact) mass is 266 g/mol. The Bertz CT molecular complexity index is 494. The first-order chi connectivity index (χ1) is 8.25. The number of halogens is 1. The summed E-state index contributed by atoms with van der Waals surface area (Å²) >= 11 is 2.83. The standard InChI is InChI=1S/C13H11FOS2/c14-12-5-1-2-6-13(12)17-9-10(15)8-11-4-3-7-16-11/h1-7H,8-9H2. The summed E-state index contributed by atoms with van der Waals surface area (Å²) in [6.07, 6.45) is 0.444. The number of hydrogen-bond donors (Lipinski definition) is 0. The van der Waals surface area contributed by atoms with Gasteiger partial charge in [-0.05, 0) is 23.6 Å². The maximum Gasteiger partial charge on any atom is 0.148 e. The molecule has 17 heavy (non-hydrogen) atoms. The van der Waals surface area contributed by atoms with Gasteiger partial charge in [0.05, 0.1) is 5.75 Å². The first-order valence-electron chi connectivity index (χ1n) is 5.17. The third kappa shape index (κ3) is 3.68. The number of rotatable bonds is 5. The molecule has 1 heterocycles. The molecule has 0 spiro atoms. The molecule has 0 aliphatic heterocycles. The predicted octanol–water partition coefficient (Wildman–Crippen LogP) is 3.79. The third-order valence-electron chi connectivity index (χ3n) is 2.18. The fourth-order valence-electron chi connectivity index (χ4n) is 1.38. The van der Waals surface area contributed by atoms with Crippen LogP contribution in [0.2, 0.25) is 0 Å². The van der Waals surface area contributed by atoms with E-state index in [0.29, 0.717) is 17.1 Å². The highest BCUT2D eigenvalue weighted by Crippen LogP contribution is 2.21. The summed E-state index contributed by atoms with van der Waals surface area (Å²) < 4.78 is 13.3. The maximum atomic E-state index is 13.3. The van der Waals surface area contributed by atoms with Crippen LogP contribution in [0.1, 0.15) is 4.88 Å². The normalized spacial score (nSPS) is 10.4. The zero-order chi connectivity index (χ0) is 12.1. The number of thiophene rings is 1. The van der Waals surface area contributed by atoms with Crippen molar-refractivity contribution in [1.29, 1.82) is 0 Å². The van der Waals surface area contributed by atoms with Crippen molar-refractivity contribution in [2.75, 3.05) is 5.75 Å². The van der Waals surface area contributed by atoms with Gasteiger partial charge < -0.3 is 0 Å². The molecular weight excluding hydrogens is 255 g/mol. The number of Topliss-reactive ketones (excluding diaryl/α,β-unsaturated/α-hetero) is 1. The molecule has 1 aromatic heterocycles. The van der Waals surface area contributed by atoms with Crippen LogP contribution in [0.5, 0.6) is 0 Å². The van der Waals surface area contributed by atoms with Crippen LogP contribution in [0.3, 0.4) is 0 Å². The fraction of sp³-hybridized carbons (Fsp3) is 0.154. The van der Waals surface area contributed by atoms with Gasteiger partial charge in [0.25, 0.3) is 0 Å². The highest BCUT2D eigenvalue weighted by Gasteiger charge is 2.07. The minimum Gasteiger partial charge on any atom is -0.298 e. The SMILES string of the molecule is O=C(CSc1ccccc1F)Cc1cccs1. The molecule has 1 nitrogen and oxygen atoms in total. The van der Waals surface area contributed by atoms with Crippen molar-refractivity contribution in [3.8, 4) is 0 Å². The largest absolute Gasteiger partial charge is 0.298 e. The molecule has 0 radical (unpaired) electrons. The molecule has 0 aliphatic carbocycles. The van der Waals surface area contributed by atoms with E-state index < -0.39 is 0 Å². The van der Waals surface area contributed by atoms with Gasteiger partial charge in [-0.3, -0.25) is 4.79 Å². The van der Waals surface area contributed by atoms with E-state index in [-0.39, 0.29) is 11.6 Å². The Kier molecular flexibility index (Phi) is 4.34. The number of benzene rings is 1. The summed E-state index contributed by atoms with van der Waals surface area (Å²) in [7, 11) is 0. The minimum atomic E-state index is -0.263. The van der Waals surface area contributed by atoms with E-state index in [1.54, 1.807) is 29.5 Å². The number of carbonyl (C=O) groups excluding carboxylic acids is 1.